The lowest BCUT2D eigenvalue weighted by molar-refractivity contribution is -0.384. The lowest BCUT2D eigenvalue weighted by atomic mass is 10.0. The number of nitrogens with zero attached hydrogens (tertiary/aromatic N) is 4. The molecule has 0 unspecified atom stereocenters. The minimum atomic E-state index is -1.36. The average Bonchev–Trinajstić information content (AvgIpc) is 3.32. The number of aliphatic carboxylic acids is 1. The van der Waals surface area contributed by atoms with Gasteiger partial charge in [0.15, 0.2) is 11.6 Å². The maximum absolute atomic E-state index is 14.7. The molecule has 0 spiro atoms. The van der Waals surface area contributed by atoms with Crippen LogP contribution in [0.2, 0.25) is 25.7 Å². The molecular weight excluding hydrogens is 572 g/mol. The summed E-state index contributed by atoms with van der Waals surface area (Å²) in [5, 5.41) is 28.5. The topological polar surface area (TPSA) is 151 Å². The van der Waals surface area contributed by atoms with E-state index in [-0.39, 0.29) is 29.1 Å². The van der Waals surface area contributed by atoms with Crippen molar-refractivity contribution in [1.29, 1.82) is 0 Å². The Morgan fingerprint density at radius 3 is 2.57 bits per heavy atom. The molecule has 0 aliphatic carbocycles. The van der Waals surface area contributed by atoms with Crippen molar-refractivity contribution in [1.82, 2.24) is 14.3 Å². The highest BCUT2D eigenvalue weighted by atomic mass is 28.3. The second kappa shape index (κ2) is 12.1. The molecule has 4 rings (SSSR count). The molecule has 0 aliphatic rings. The molecule has 0 saturated heterocycles. The Labute approximate surface area is 239 Å². The number of carboxylic acids is 1. The van der Waals surface area contributed by atoms with E-state index in [9.17, 15) is 28.5 Å². The molecule has 0 atom stereocenters. The molecule has 0 radical (unpaired) electrons. The predicted octanol–water partition coefficient (Wildman–Crippen LogP) is 5.19. The number of fused-ring (bicyclic) bond motifs is 1. The zero-order valence-electron chi connectivity index (χ0n) is 23.3. The number of carboxylic acid groups (broad SMARTS) is 1. The van der Waals surface area contributed by atoms with E-state index in [2.05, 4.69) is 30.1 Å². The fourth-order valence-corrected chi connectivity index (χ4v) is 4.94. The first-order valence-corrected chi connectivity index (χ1v) is 16.5. The van der Waals surface area contributed by atoms with Crippen LogP contribution in [0.15, 0.2) is 47.5 Å². The Morgan fingerprint density at radius 1 is 1.19 bits per heavy atom. The summed E-state index contributed by atoms with van der Waals surface area (Å²) in [4.78, 5) is 35.8. The molecule has 42 heavy (non-hydrogen) atoms. The van der Waals surface area contributed by atoms with Crippen LogP contribution in [-0.4, -0.2) is 51.6 Å². The fourth-order valence-electron chi connectivity index (χ4n) is 4.19. The van der Waals surface area contributed by atoms with Crippen molar-refractivity contribution in [2.24, 2.45) is 7.05 Å². The first kappa shape index (κ1) is 30.3. The number of aromatic nitrogens is 3. The summed E-state index contributed by atoms with van der Waals surface area (Å²) < 4.78 is 42.4. The molecule has 12 nitrogen and oxygen atoms in total. The Morgan fingerprint density at radius 2 is 1.93 bits per heavy atom. The van der Waals surface area contributed by atoms with E-state index in [1.807, 2.05) is 0 Å². The van der Waals surface area contributed by atoms with Gasteiger partial charge in [0, 0.05) is 50.5 Å². The second-order valence-electron chi connectivity index (χ2n) is 10.7. The normalized spacial score (nSPS) is 11.6. The van der Waals surface area contributed by atoms with E-state index in [1.165, 1.54) is 40.8 Å². The van der Waals surface area contributed by atoms with Crippen molar-refractivity contribution < 1.29 is 33.1 Å². The summed E-state index contributed by atoms with van der Waals surface area (Å²) >= 11 is 0. The van der Waals surface area contributed by atoms with Crippen LogP contribution in [0.5, 0.6) is 11.5 Å². The molecule has 0 aliphatic heterocycles. The van der Waals surface area contributed by atoms with Crippen LogP contribution in [0.3, 0.4) is 0 Å². The average molecular weight is 602 g/mol. The number of anilines is 1. The Bertz CT molecular complexity index is 1730. The second-order valence-corrected chi connectivity index (χ2v) is 16.4. The number of rotatable bonds is 12. The summed E-state index contributed by atoms with van der Waals surface area (Å²) in [6.07, 6.45) is 2.85. The first-order valence-electron chi connectivity index (χ1n) is 12.8. The van der Waals surface area contributed by atoms with Gasteiger partial charge in [0.05, 0.1) is 11.1 Å². The van der Waals surface area contributed by atoms with E-state index in [1.54, 1.807) is 0 Å². The number of nitro groups is 1. The number of halogens is 2. The van der Waals surface area contributed by atoms with Gasteiger partial charge in [0.25, 0.3) is 5.56 Å². The highest BCUT2D eigenvalue weighted by Crippen LogP contribution is 2.46. The quantitative estimate of drug-likeness (QED) is 0.0968. The molecule has 0 amide bonds. The maximum Gasteiger partial charge on any atom is 0.335 e. The maximum atomic E-state index is 14.7. The molecule has 222 valence electrons. The number of pyridine rings is 1. The van der Waals surface area contributed by atoms with Gasteiger partial charge in [-0.05, 0) is 30.3 Å². The van der Waals surface area contributed by atoms with Gasteiger partial charge in [0.1, 0.15) is 30.3 Å². The van der Waals surface area contributed by atoms with Gasteiger partial charge in [-0.2, -0.15) is 5.10 Å². The largest absolute Gasteiger partial charge is 0.480 e. The lowest BCUT2D eigenvalue weighted by Gasteiger charge is -2.17. The van der Waals surface area contributed by atoms with Crippen LogP contribution in [-0.2, 0) is 23.3 Å². The van der Waals surface area contributed by atoms with Gasteiger partial charge in [-0.15, -0.1) is 0 Å². The van der Waals surface area contributed by atoms with Crippen LogP contribution in [0.1, 0.15) is 0 Å². The molecule has 2 aromatic heterocycles. The third kappa shape index (κ3) is 6.63. The summed E-state index contributed by atoms with van der Waals surface area (Å²) in [7, 11) is 0.134. The van der Waals surface area contributed by atoms with Crippen molar-refractivity contribution in [2.45, 2.75) is 32.4 Å². The molecule has 4 aromatic rings. The van der Waals surface area contributed by atoms with E-state index >= 15 is 0 Å². The number of aryl methyl sites for hydroxylation is 1. The Balaban J connectivity index is 1.90. The monoisotopic (exact) mass is 601 g/mol. The SMILES string of the molecule is Cn1cc(-c2ccc(NCC(=O)O)c([N+](=O)[O-])c2Oc2ccc(F)cc2F)c2cnn(COCC[Si](C)(C)C)c2c1=O. The number of nitrogens with one attached hydrogen (secondary N) is 1. The van der Waals surface area contributed by atoms with Gasteiger partial charge in [0.2, 0.25) is 5.75 Å². The minimum Gasteiger partial charge on any atom is -0.480 e. The van der Waals surface area contributed by atoms with Gasteiger partial charge in [-0.1, -0.05) is 19.6 Å². The van der Waals surface area contributed by atoms with Crippen LogP contribution in [0, 0.1) is 21.7 Å². The van der Waals surface area contributed by atoms with Crippen LogP contribution in [0.4, 0.5) is 20.2 Å². The third-order valence-electron chi connectivity index (χ3n) is 6.33. The number of benzene rings is 2. The molecule has 2 N–H and O–H groups in total. The van der Waals surface area contributed by atoms with E-state index in [0.717, 1.165) is 18.2 Å². The number of hydrogen-bond acceptors (Lipinski definition) is 8. The van der Waals surface area contributed by atoms with Gasteiger partial charge in [-0.25, -0.2) is 13.5 Å². The van der Waals surface area contributed by atoms with E-state index < -0.39 is 59.9 Å². The van der Waals surface area contributed by atoms with Crippen LogP contribution >= 0.6 is 0 Å². The zero-order chi connectivity index (χ0) is 30.8. The van der Waals surface area contributed by atoms with Crippen molar-refractivity contribution in [3.8, 4) is 22.6 Å². The molecule has 2 aromatic carbocycles. The smallest absolute Gasteiger partial charge is 0.335 e. The summed E-state index contributed by atoms with van der Waals surface area (Å²) in [6, 6.07) is 6.06. The highest BCUT2D eigenvalue weighted by Gasteiger charge is 2.29. The lowest BCUT2D eigenvalue weighted by Crippen LogP contribution is -2.23. The zero-order valence-corrected chi connectivity index (χ0v) is 24.3. The fraction of sp³-hybridized carbons (Fsp3) is 0.296. The number of carbonyl (C=O) groups is 1. The van der Waals surface area contributed by atoms with Crippen LogP contribution < -0.4 is 15.6 Å². The van der Waals surface area contributed by atoms with Gasteiger partial charge < -0.3 is 24.5 Å². The van der Waals surface area contributed by atoms with Crippen LogP contribution in [0.25, 0.3) is 22.0 Å². The Kier molecular flexibility index (Phi) is 8.72. The molecule has 15 heteroatoms. The Hall–Kier alpha value is -4.63. The molecule has 2 heterocycles. The van der Waals surface area contributed by atoms with Crippen molar-refractivity contribution >= 4 is 36.3 Å². The van der Waals surface area contributed by atoms with E-state index in [4.69, 9.17) is 14.6 Å². The summed E-state index contributed by atoms with van der Waals surface area (Å²) in [5.74, 6) is -4.25. The van der Waals surface area contributed by atoms with Crippen molar-refractivity contribution in [3.05, 3.63) is 74.8 Å². The van der Waals surface area contributed by atoms with Gasteiger partial charge in [-0.3, -0.25) is 19.7 Å². The summed E-state index contributed by atoms with van der Waals surface area (Å²) in [5.41, 5.74) is -0.784. The first-order chi connectivity index (χ1) is 19.8. The minimum absolute atomic E-state index is 0.00495. The van der Waals surface area contributed by atoms with Gasteiger partial charge >= 0.3 is 11.7 Å². The number of nitro benzene ring substituents is 1. The van der Waals surface area contributed by atoms with Crippen molar-refractivity contribution in [3.63, 3.8) is 0 Å². The summed E-state index contributed by atoms with van der Waals surface area (Å²) in [6.45, 7) is 6.45. The van der Waals surface area contributed by atoms with E-state index in [0.29, 0.717) is 18.1 Å². The predicted molar refractivity (Wildman–Crippen MR) is 154 cm³/mol. The molecular formula is C27H29F2N5O7Si. The third-order valence-corrected chi connectivity index (χ3v) is 8.03. The number of hydrogen-bond donors (Lipinski definition) is 2. The molecule has 0 saturated carbocycles. The highest BCUT2D eigenvalue weighted by molar-refractivity contribution is 6.76. The molecule has 0 fully saturated rings. The standard InChI is InChI=1S/C27H29F2N5O7Si/c1-32-14-19(18-12-31-33(24(18)27(32)37)15-40-9-10-42(2,3)4)17-6-7-21(30-13-23(35)36)25(34(38)39)26(17)41-22-8-5-16(28)11-20(22)29/h5-8,11-12,14,30H,9-10,13,15H2,1-4H3,(H,35,36). The van der Waals surface area contributed by atoms with Crippen molar-refractivity contribution in [2.75, 3.05) is 18.5 Å². The molecule has 0 bridgehead atoms. The number of ether oxygens (including phenoxy) is 2.